The topological polar surface area (TPSA) is 74.7 Å². The van der Waals surface area contributed by atoms with Crippen molar-refractivity contribution < 1.29 is 19.5 Å². The van der Waals surface area contributed by atoms with Crippen LogP contribution in [0.4, 0.5) is 0 Å². The SMILES string of the molecule is C.C.C.C.CCCC(=O)CCN1CC(C(=O)O)CC1=O. The Hall–Kier alpha value is -1.39. The van der Waals surface area contributed by atoms with Crippen LogP contribution < -0.4 is 0 Å². The molecule has 1 unspecified atom stereocenters. The molecule has 0 aliphatic carbocycles. The fraction of sp³-hybridized carbons (Fsp3) is 0.800. The summed E-state index contributed by atoms with van der Waals surface area (Å²) in [5.74, 6) is -1.56. The first-order chi connectivity index (χ1) is 7.54. The summed E-state index contributed by atoms with van der Waals surface area (Å²) >= 11 is 0. The van der Waals surface area contributed by atoms with E-state index in [2.05, 4.69) is 0 Å². The van der Waals surface area contributed by atoms with Crippen LogP contribution in [-0.4, -0.2) is 40.8 Å². The van der Waals surface area contributed by atoms with Crippen molar-refractivity contribution in [2.45, 2.75) is 62.3 Å². The predicted molar refractivity (Wildman–Crippen MR) is 83.8 cm³/mol. The minimum Gasteiger partial charge on any atom is -0.481 e. The van der Waals surface area contributed by atoms with Gasteiger partial charge in [-0.15, -0.1) is 0 Å². The maximum Gasteiger partial charge on any atom is 0.308 e. The number of nitrogens with zero attached hydrogens (tertiary/aromatic N) is 1. The van der Waals surface area contributed by atoms with Crippen molar-refractivity contribution in [2.24, 2.45) is 5.92 Å². The Balaban J connectivity index is -0.000000320. The molecule has 0 bridgehead atoms. The Bertz CT molecular complexity index is 302. The summed E-state index contributed by atoms with van der Waals surface area (Å²) in [6.45, 7) is 2.54. The van der Waals surface area contributed by atoms with Gasteiger partial charge in [-0.05, 0) is 6.42 Å². The lowest BCUT2D eigenvalue weighted by Crippen LogP contribution is -2.28. The minimum absolute atomic E-state index is 0. The number of hydrogen-bond acceptors (Lipinski definition) is 3. The van der Waals surface area contributed by atoms with E-state index in [4.69, 9.17) is 5.11 Å². The standard InChI is InChI=1S/C11H17NO4.4CH4/c1-2-3-9(13)4-5-12-7-8(11(15)16)6-10(12)14;;;;/h8H,2-7H2,1H3,(H,15,16);4*1H4. The number of amides is 1. The van der Waals surface area contributed by atoms with Crippen LogP contribution in [0.5, 0.6) is 0 Å². The van der Waals surface area contributed by atoms with Crippen molar-refractivity contribution in [3.8, 4) is 0 Å². The summed E-state index contributed by atoms with van der Waals surface area (Å²) in [5, 5.41) is 8.76. The second-order valence-corrected chi connectivity index (χ2v) is 4.12. The smallest absolute Gasteiger partial charge is 0.308 e. The molecule has 0 radical (unpaired) electrons. The second kappa shape index (κ2) is 12.6. The molecule has 0 spiro atoms. The summed E-state index contributed by atoms with van der Waals surface area (Å²) in [5.41, 5.74) is 0. The van der Waals surface area contributed by atoms with Crippen LogP contribution in [0.15, 0.2) is 0 Å². The van der Waals surface area contributed by atoms with Gasteiger partial charge in [0.15, 0.2) is 0 Å². The van der Waals surface area contributed by atoms with Gasteiger partial charge in [0, 0.05) is 32.4 Å². The lowest BCUT2D eigenvalue weighted by atomic mass is 10.1. The summed E-state index contributed by atoms with van der Waals surface area (Å²) in [6, 6.07) is 0. The van der Waals surface area contributed by atoms with E-state index in [-0.39, 0.29) is 54.4 Å². The summed E-state index contributed by atoms with van der Waals surface area (Å²) < 4.78 is 0. The fourth-order valence-corrected chi connectivity index (χ4v) is 1.82. The van der Waals surface area contributed by atoms with Gasteiger partial charge < -0.3 is 10.0 Å². The fourth-order valence-electron chi connectivity index (χ4n) is 1.82. The van der Waals surface area contributed by atoms with E-state index in [1.54, 1.807) is 0 Å². The van der Waals surface area contributed by atoms with Gasteiger partial charge in [0.2, 0.25) is 5.91 Å². The third kappa shape index (κ3) is 7.92. The van der Waals surface area contributed by atoms with Crippen molar-refractivity contribution in [3.63, 3.8) is 0 Å². The molecule has 0 aromatic rings. The Morgan fingerprint density at radius 1 is 1.20 bits per heavy atom. The van der Waals surface area contributed by atoms with Gasteiger partial charge in [-0.3, -0.25) is 14.4 Å². The molecule has 5 heteroatoms. The Kier molecular flexibility index (Phi) is 17.1. The maximum atomic E-state index is 11.4. The summed E-state index contributed by atoms with van der Waals surface area (Å²) in [7, 11) is 0. The number of carbonyl (C=O) groups is 3. The third-order valence-electron chi connectivity index (χ3n) is 2.75. The molecule has 1 aliphatic rings. The van der Waals surface area contributed by atoms with E-state index in [1.807, 2.05) is 6.92 Å². The number of likely N-dealkylation sites (tertiary alicyclic amines) is 1. The predicted octanol–water partition coefficient (Wildman–Crippen LogP) is 3.22. The molecule has 0 saturated carbocycles. The number of carboxylic acid groups (broad SMARTS) is 1. The van der Waals surface area contributed by atoms with Gasteiger partial charge in [-0.1, -0.05) is 36.6 Å². The lowest BCUT2D eigenvalue weighted by Gasteiger charge is -2.14. The molecule has 5 nitrogen and oxygen atoms in total. The molecule has 1 saturated heterocycles. The van der Waals surface area contributed by atoms with E-state index in [1.165, 1.54) is 4.90 Å². The average molecular weight is 291 g/mol. The van der Waals surface area contributed by atoms with Gasteiger partial charge in [-0.25, -0.2) is 0 Å². The highest BCUT2D eigenvalue weighted by Gasteiger charge is 2.33. The number of aliphatic carboxylic acids is 1. The van der Waals surface area contributed by atoms with Crippen LogP contribution in [0.3, 0.4) is 0 Å². The first-order valence-electron chi connectivity index (χ1n) is 5.56. The molecule has 122 valence electrons. The van der Waals surface area contributed by atoms with Crippen LogP contribution in [0.1, 0.15) is 62.3 Å². The Morgan fingerprint density at radius 2 is 1.75 bits per heavy atom. The minimum atomic E-state index is -0.935. The van der Waals surface area contributed by atoms with Crippen molar-refractivity contribution in [1.29, 1.82) is 0 Å². The number of Topliss-reactive ketones (excluding diaryl/α,β-unsaturated/α-hetero) is 1. The molecule has 1 amide bonds. The quantitative estimate of drug-likeness (QED) is 0.815. The third-order valence-corrected chi connectivity index (χ3v) is 2.75. The van der Waals surface area contributed by atoms with E-state index < -0.39 is 11.9 Å². The van der Waals surface area contributed by atoms with Crippen molar-refractivity contribution >= 4 is 17.7 Å². The molecule has 1 N–H and O–H groups in total. The molecule has 1 heterocycles. The van der Waals surface area contributed by atoms with E-state index in [0.29, 0.717) is 19.4 Å². The summed E-state index contributed by atoms with van der Waals surface area (Å²) in [4.78, 5) is 34.8. The first-order valence-corrected chi connectivity index (χ1v) is 5.56. The van der Waals surface area contributed by atoms with Crippen LogP contribution in [-0.2, 0) is 14.4 Å². The molecule has 1 aliphatic heterocycles. The molecule has 0 aromatic carbocycles. The number of hydrogen-bond donors (Lipinski definition) is 1. The normalized spacial score (nSPS) is 16.1. The number of carbonyl (C=O) groups excluding carboxylic acids is 2. The Labute approximate surface area is 124 Å². The van der Waals surface area contributed by atoms with Crippen LogP contribution in [0, 0.1) is 5.92 Å². The average Bonchev–Trinajstić information content (AvgIpc) is 2.58. The molecular weight excluding hydrogens is 258 g/mol. The van der Waals surface area contributed by atoms with E-state index in [0.717, 1.165) is 6.42 Å². The second-order valence-electron chi connectivity index (χ2n) is 4.12. The number of carboxylic acids is 1. The maximum absolute atomic E-state index is 11.4. The molecular formula is C15H33NO4. The number of ketones is 1. The lowest BCUT2D eigenvalue weighted by molar-refractivity contribution is -0.141. The van der Waals surface area contributed by atoms with E-state index in [9.17, 15) is 14.4 Å². The zero-order chi connectivity index (χ0) is 12.1. The molecule has 1 atom stereocenters. The van der Waals surface area contributed by atoms with Crippen molar-refractivity contribution in [1.82, 2.24) is 4.90 Å². The first kappa shape index (κ1) is 27.0. The highest BCUT2D eigenvalue weighted by atomic mass is 16.4. The largest absolute Gasteiger partial charge is 0.481 e. The molecule has 0 aromatic heterocycles. The van der Waals surface area contributed by atoms with Crippen molar-refractivity contribution in [2.75, 3.05) is 13.1 Å². The molecule has 1 fully saturated rings. The zero-order valence-corrected chi connectivity index (χ0v) is 9.44. The van der Waals surface area contributed by atoms with Gasteiger partial charge in [0.1, 0.15) is 5.78 Å². The van der Waals surface area contributed by atoms with Crippen LogP contribution in [0.25, 0.3) is 0 Å². The van der Waals surface area contributed by atoms with Crippen molar-refractivity contribution in [3.05, 3.63) is 0 Å². The highest BCUT2D eigenvalue weighted by molar-refractivity contribution is 5.86. The van der Waals surface area contributed by atoms with Crippen LogP contribution in [0.2, 0.25) is 0 Å². The molecule has 1 rings (SSSR count). The monoisotopic (exact) mass is 291 g/mol. The zero-order valence-electron chi connectivity index (χ0n) is 9.44. The molecule has 20 heavy (non-hydrogen) atoms. The van der Waals surface area contributed by atoms with E-state index >= 15 is 0 Å². The van der Waals surface area contributed by atoms with Crippen LogP contribution >= 0.6 is 0 Å². The van der Waals surface area contributed by atoms with Gasteiger partial charge >= 0.3 is 5.97 Å². The summed E-state index contributed by atoms with van der Waals surface area (Å²) in [6.07, 6.45) is 1.75. The van der Waals surface area contributed by atoms with Gasteiger partial charge in [-0.2, -0.15) is 0 Å². The van der Waals surface area contributed by atoms with Gasteiger partial charge in [0.05, 0.1) is 5.92 Å². The number of rotatable bonds is 6. The highest BCUT2D eigenvalue weighted by Crippen LogP contribution is 2.18. The van der Waals surface area contributed by atoms with Gasteiger partial charge in [0.25, 0.3) is 0 Å². The Morgan fingerprint density at radius 3 is 2.15 bits per heavy atom.